The number of H-pyrrole nitrogens is 1. The van der Waals surface area contributed by atoms with Crippen LogP contribution in [0.1, 0.15) is 75.0 Å². The van der Waals surface area contributed by atoms with E-state index >= 15 is 0 Å². The summed E-state index contributed by atoms with van der Waals surface area (Å²) < 4.78 is 6.10. The zero-order valence-electron chi connectivity index (χ0n) is 34.2. The van der Waals surface area contributed by atoms with Crippen LogP contribution in [0, 0.1) is 5.92 Å². The third-order valence-corrected chi connectivity index (χ3v) is 12.0. The largest absolute Gasteiger partial charge is 0.506 e. The van der Waals surface area contributed by atoms with E-state index in [-0.39, 0.29) is 29.7 Å². The number of aromatic amines is 1. The van der Waals surface area contributed by atoms with Crippen molar-refractivity contribution in [2.45, 2.75) is 44.4 Å². The number of likely N-dealkylation sites (tertiary alicyclic amines) is 1. The number of aliphatic hydroxyl groups is 1. The van der Waals surface area contributed by atoms with Gasteiger partial charge in [-0.15, -0.1) is 0 Å². The van der Waals surface area contributed by atoms with Gasteiger partial charge >= 0.3 is 5.97 Å². The van der Waals surface area contributed by atoms with E-state index in [1.807, 2.05) is 77.7 Å². The fourth-order valence-electron chi connectivity index (χ4n) is 8.54. The Bertz CT molecular complexity index is 2530. The first-order valence-electron chi connectivity index (χ1n) is 21.2. The van der Waals surface area contributed by atoms with Gasteiger partial charge in [-0.2, -0.15) is 0 Å². The summed E-state index contributed by atoms with van der Waals surface area (Å²) in [5.41, 5.74) is 7.42. The van der Waals surface area contributed by atoms with E-state index in [0.29, 0.717) is 60.6 Å². The van der Waals surface area contributed by atoms with Crippen molar-refractivity contribution in [2.75, 3.05) is 39.3 Å². The summed E-state index contributed by atoms with van der Waals surface area (Å²) in [6.45, 7) is 5.13. The minimum Gasteiger partial charge on any atom is -0.506 e. The molecule has 0 bridgehead atoms. The number of nitrogens with zero attached hydrogens (tertiary/aromatic N) is 2. The van der Waals surface area contributed by atoms with Gasteiger partial charge in [-0.3, -0.25) is 19.3 Å². The lowest BCUT2D eigenvalue weighted by Crippen LogP contribution is -2.35. The summed E-state index contributed by atoms with van der Waals surface area (Å²) in [6, 6.07) is 42.2. The number of phenols is 1. The summed E-state index contributed by atoms with van der Waals surface area (Å²) in [5, 5.41) is 24.9. The molecule has 3 heterocycles. The highest BCUT2D eigenvalue weighted by molar-refractivity contribution is 5.95. The second-order valence-corrected chi connectivity index (χ2v) is 16.2. The number of hydrogen-bond donors (Lipinski definition) is 4. The fourth-order valence-corrected chi connectivity index (χ4v) is 8.54. The number of hydrogen-bond acceptors (Lipinski definition) is 8. The molecule has 0 saturated carbocycles. The summed E-state index contributed by atoms with van der Waals surface area (Å²) in [6.07, 6.45) is 3.94. The normalized spacial score (nSPS) is 15.9. The Labute approximate surface area is 356 Å². The average Bonchev–Trinajstić information content (AvgIpc) is 3.30. The molecule has 2 atom stereocenters. The van der Waals surface area contributed by atoms with Gasteiger partial charge in [-0.1, -0.05) is 109 Å². The Balaban J connectivity index is 0.848. The molecule has 1 amide bonds. The van der Waals surface area contributed by atoms with E-state index in [2.05, 4.69) is 57.7 Å². The van der Waals surface area contributed by atoms with Crippen molar-refractivity contribution in [1.29, 1.82) is 0 Å². The van der Waals surface area contributed by atoms with Crippen LogP contribution in [0.15, 0.2) is 144 Å². The number of nitrogens with one attached hydrogen (secondary N) is 2. The van der Waals surface area contributed by atoms with Gasteiger partial charge < -0.3 is 30.2 Å². The van der Waals surface area contributed by atoms with E-state index in [0.717, 1.165) is 60.3 Å². The lowest BCUT2D eigenvalue weighted by atomic mass is 9.88. The van der Waals surface area contributed by atoms with Crippen molar-refractivity contribution < 1.29 is 24.5 Å². The van der Waals surface area contributed by atoms with Crippen molar-refractivity contribution in [1.82, 2.24) is 20.1 Å². The average molecular weight is 817 g/mol. The van der Waals surface area contributed by atoms with Crippen LogP contribution in [0.3, 0.4) is 0 Å². The second kappa shape index (κ2) is 19.4. The van der Waals surface area contributed by atoms with Crippen LogP contribution >= 0.6 is 0 Å². The molecule has 10 heteroatoms. The number of aromatic hydroxyl groups is 1. The van der Waals surface area contributed by atoms with E-state index in [9.17, 15) is 24.6 Å². The van der Waals surface area contributed by atoms with Gasteiger partial charge in [0.15, 0.2) is 0 Å². The van der Waals surface area contributed by atoms with Gasteiger partial charge in [-0.05, 0) is 101 Å². The number of phenolic OH excluding ortho intramolecular Hbond substituents is 1. The van der Waals surface area contributed by atoms with Crippen LogP contribution in [0.2, 0.25) is 0 Å². The fraction of sp³-hybridized carbons (Fsp3) is 0.275. The maximum atomic E-state index is 13.9. The van der Waals surface area contributed by atoms with Crippen LogP contribution < -0.4 is 10.9 Å². The molecule has 312 valence electrons. The number of pyridine rings is 1. The molecule has 0 spiro atoms. The van der Waals surface area contributed by atoms with Crippen molar-refractivity contribution in [3.05, 3.63) is 189 Å². The first kappa shape index (κ1) is 41.4. The SMILES string of the molecule is O=C(OCC1CCN(Cc2ccccc2)CC1)C(c1ccccc1)c1cccc(C2=CCN(C(=O)c3ccc(CNCC(O)c4ccc(O)c5[nH]c(=O)ccc45)cc3)CC2)c1. The lowest BCUT2D eigenvalue weighted by molar-refractivity contribution is -0.146. The number of rotatable bonds is 14. The lowest BCUT2D eigenvalue weighted by Gasteiger charge is -2.32. The number of benzene rings is 5. The molecule has 4 N–H and O–H groups in total. The Hall–Kier alpha value is -6.33. The number of esters is 1. The maximum absolute atomic E-state index is 13.9. The maximum Gasteiger partial charge on any atom is 0.317 e. The van der Waals surface area contributed by atoms with E-state index in [1.165, 1.54) is 17.7 Å². The number of amides is 1. The molecule has 6 aromatic rings. The smallest absolute Gasteiger partial charge is 0.317 e. The number of piperidine rings is 1. The molecule has 2 unspecified atom stereocenters. The topological polar surface area (TPSA) is 135 Å². The van der Waals surface area contributed by atoms with Gasteiger partial charge in [0.1, 0.15) is 11.7 Å². The molecular weight excluding hydrogens is 765 g/mol. The molecule has 10 nitrogen and oxygen atoms in total. The molecule has 1 saturated heterocycles. The standard InChI is InChI=1S/C51H52N4O6/c56-45-20-18-43(44-19-21-47(58)53-49(44)45)46(57)32-52-31-35-14-16-40(17-15-35)50(59)55-28-24-38(25-29-55)41-12-7-13-42(30-41)48(39-10-5-2-6-11-39)51(60)61-34-37-22-26-54(27-23-37)33-36-8-3-1-4-9-36/h1-21,24,30,37,46,48,52,56-57H,22-23,25-29,31-34H2,(H,53,58). The molecule has 5 aromatic carbocycles. The monoisotopic (exact) mass is 816 g/mol. The molecule has 2 aliphatic rings. The van der Waals surface area contributed by atoms with Crippen molar-refractivity contribution in [3.63, 3.8) is 0 Å². The van der Waals surface area contributed by atoms with Crippen molar-refractivity contribution in [3.8, 4) is 5.75 Å². The number of carbonyl (C=O) groups excluding carboxylic acids is 2. The van der Waals surface area contributed by atoms with Crippen LogP contribution in [0.4, 0.5) is 0 Å². The van der Waals surface area contributed by atoms with Gasteiger partial charge in [0, 0.05) is 49.7 Å². The van der Waals surface area contributed by atoms with Gasteiger partial charge in [0.25, 0.3) is 5.91 Å². The quantitative estimate of drug-likeness (QED) is 0.0828. The third-order valence-electron chi connectivity index (χ3n) is 12.0. The highest BCUT2D eigenvalue weighted by Gasteiger charge is 2.28. The Morgan fingerprint density at radius 3 is 2.28 bits per heavy atom. The molecule has 0 aliphatic carbocycles. The van der Waals surface area contributed by atoms with Crippen LogP contribution in [-0.4, -0.2) is 76.2 Å². The molecule has 1 fully saturated rings. The number of fused-ring (bicyclic) bond motifs is 1. The first-order chi connectivity index (χ1) is 29.8. The van der Waals surface area contributed by atoms with Gasteiger partial charge in [-0.25, -0.2) is 0 Å². The van der Waals surface area contributed by atoms with Crippen molar-refractivity contribution in [2.24, 2.45) is 5.92 Å². The molecule has 0 radical (unpaired) electrons. The zero-order chi connectivity index (χ0) is 42.1. The molecule has 8 rings (SSSR count). The highest BCUT2D eigenvalue weighted by Crippen LogP contribution is 2.32. The Morgan fingerprint density at radius 1 is 0.803 bits per heavy atom. The van der Waals surface area contributed by atoms with Crippen molar-refractivity contribution >= 4 is 28.4 Å². The van der Waals surface area contributed by atoms with Crippen LogP contribution in [0.5, 0.6) is 5.75 Å². The van der Waals surface area contributed by atoms with Gasteiger partial charge in [0.05, 0.1) is 18.2 Å². The summed E-state index contributed by atoms with van der Waals surface area (Å²) in [5.74, 6) is -0.524. The third kappa shape index (κ3) is 10.2. The van der Waals surface area contributed by atoms with Crippen LogP contribution in [0.25, 0.3) is 16.5 Å². The summed E-state index contributed by atoms with van der Waals surface area (Å²) in [4.78, 5) is 46.2. The molecular formula is C51H52N4O6. The predicted molar refractivity (Wildman–Crippen MR) is 238 cm³/mol. The predicted octanol–water partition coefficient (Wildman–Crippen LogP) is 7.57. The molecule has 2 aliphatic heterocycles. The Kier molecular flexibility index (Phi) is 13.1. The molecule has 1 aromatic heterocycles. The minimum absolute atomic E-state index is 0.0370. The Morgan fingerprint density at radius 2 is 1.54 bits per heavy atom. The minimum atomic E-state index is -0.870. The number of ether oxygens (including phenoxy) is 1. The number of carbonyl (C=O) groups is 2. The van der Waals surface area contributed by atoms with E-state index in [4.69, 9.17) is 4.74 Å². The highest BCUT2D eigenvalue weighted by atomic mass is 16.5. The summed E-state index contributed by atoms with van der Waals surface area (Å²) in [7, 11) is 0. The van der Waals surface area contributed by atoms with E-state index < -0.39 is 12.0 Å². The van der Waals surface area contributed by atoms with Crippen LogP contribution in [-0.2, 0) is 22.6 Å². The number of aliphatic hydroxyl groups excluding tert-OH is 1. The first-order valence-corrected chi connectivity index (χ1v) is 21.2. The van der Waals surface area contributed by atoms with E-state index in [1.54, 1.807) is 12.1 Å². The zero-order valence-corrected chi connectivity index (χ0v) is 34.2. The molecule has 61 heavy (non-hydrogen) atoms. The summed E-state index contributed by atoms with van der Waals surface area (Å²) >= 11 is 0. The van der Waals surface area contributed by atoms with Gasteiger partial charge in [0.2, 0.25) is 5.56 Å². The number of aromatic nitrogens is 1. The second-order valence-electron chi connectivity index (χ2n) is 16.2.